The highest BCUT2D eigenvalue weighted by molar-refractivity contribution is 8.00. The molecule has 1 heterocycles. The summed E-state index contributed by atoms with van der Waals surface area (Å²) in [5, 5.41) is 0. The Morgan fingerprint density at radius 2 is 2.00 bits per heavy atom. The molecule has 2 nitrogen and oxygen atoms in total. The molecule has 0 fully saturated rings. The largest absolute Gasteiger partial charge is 0.293 e. The van der Waals surface area contributed by atoms with Gasteiger partial charge in [-0.2, -0.15) is 0 Å². The molecular formula is C14H12FNOS. The van der Waals surface area contributed by atoms with Crippen molar-refractivity contribution in [2.75, 3.05) is 5.75 Å². The van der Waals surface area contributed by atoms with Crippen LogP contribution in [0.2, 0.25) is 0 Å². The zero-order valence-corrected chi connectivity index (χ0v) is 10.7. The molecule has 0 amide bonds. The molecule has 0 aliphatic heterocycles. The van der Waals surface area contributed by atoms with Crippen molar-refractivity contribution in [1.82, 2.24) is 4.98 Å². The first-order valence-corrected chi connectivity index (χ1v) is 6.47. The monoisotopic (exact) mass is 261 g/mol. The van der Waals surface area contributed by atoms with Gasteiger partial charge in [-0.05, 0) is 25.1 Å². The number of aromatic nitrogens is 1. The van der Waals surface area contributed by atoms with Crippen molar-refractivity contribution in [2.45, 2.75) is 11.8 Å². The summed E-state index contributed by atoms with van der Waals surface area (Å²) >= 11 is 1.40. The Kier molecular flexibility index (Phi) is 4.10. The van der Waals surface area contributed by atoms with Gasteiger partial charge in [0, 0.05) is 11.1 Å². The average molecular weight is 261 g/mol. The van der Waals surface area contributed by atoms with Crippen LogP contribution in [0.25, 0.3) is 0 Å². The van der Waals surface area contributed by atoms with E-state index in [2.05, 4.69) is 4.98 Å². The predicted octanol–water partition coefficient (Wildman–Crippen LogP) is 3.50. The van der Waals surface area contributed by atoms with Crippen LogP contribution in [0.1, 0.15) is 15.9 Å². The first kappa shape index (κ1) is 12.8. The number of hydrogen-bond donors (Lipinski definition) is 0. The third-order valence-electron chi connectivity index (χ3n) is 2.46. The van der Waals surface area contributed by atoms with Crippen LogP contribution in [0.4, 0.5) is 4.39 Å². The second-order valence-corrected chi connectivity index (χ2v) is 4.93. The highest BCUT2D eigenvalue weighted by Crippen LogP contribution is 2.20. The highest BCUT2D eigenvalue weighted by Gasteiger charge is 2.11. The summed E-state index contributed by atoms with van der Waals surface area (Å²) in [6.07, 6.45) is 2.48. The number of halogens is 1. The molecule has 0 spiro atoms. The van der Waals surface area contributed by atoms with Gasteiger partial charge in [0.15, 0.2) is 11.6 Å². The minimum atomic E-state index is -0.563. The van der Waals surface area contributed by atoms with Gasteiger partial charge in [0.1, 0.15) is 0 Å². The van der Waals surface area contributed by atoms with Gasteiger partial charge in [-0.1, -0.05) is 17.7 Å². The fraction of sp³-hybridized carbons (Fsp3) is 0.143. The molecule has 0 unspecified atom stereocenters. The van der Waals surface area contributed by atoms with Crippen molar-refractivity contribution in [3.05, 3.63) is 59.7 Å². The van der Waals surface area contributed by atoms with Crippen LogP contribution in [0.3, 0.4) is 0 Å². The Morgan fingerprint density at radius 1 is 1.28 bits per heavy atom. The first-order valence-electron chi connectivity index (χ1n) is 5.49. The third-order valence-corrected chi connectivity index (χ3v) is 3.48. The Balaban J connectivity index is 2.01. The number of benzene rings is 1. The predicted molar refractivity (Wildman–Crippen MR) is 70.4 cm³/mol. The lowest BCUT2D eigenvalue weighted by atomic mass is 10.2. The second kappa shape index (κ2) is 5.78. The summed E-state index contributed by atoms with van der Waals surface area (Å²) in [5.41, 5.74) is 1.27. The van der Waals surface area contributed by atoms with Crippen LogP contribution in [0, 0.1) is 12.7 Å². The number of thioether (sulfide) groups is 1. The summed E-state index contributed by atoms with van der Waals surface area (Å²) in [4.78, 5) is 16.4. The van der Waals surface area contributed by atoms with Crippen LogP contribution in [-0.4, -0.2) is 16.5 Å². The first-order chi connectivity index (χ1) is 8.66. The number of hydrogen-bond acceptors (Lipinski definition) is 3. The van der Waals surface area contributed by atoms with Crippen LogP contribution in [0.5, 0.6) is 0 Å². The Hall–Kier alpha value is -1.68. The van der Waals surface area contributed by atoms with Crippen LogP contribution >= 0.6 is 11.8 Å². The molecule has 2 rings (SSSR count). The normalized spacial score (nSPS) is 10.3. The maximum Gasteiger partial charge on any atom is 0.176 e. The van der Waals surface area contributed by atoms with Gasteiger partial charge in [0.2, 0.25) is 0 Å². The summed E-state index contributed by atoms with van der Waals surface area (Å²) < 4.78 is 13.3. The quantitative estimate of drug-likeness (QED) is 0.623. The van der Waals surface area contributed by atoms with Crippen molar-refractivity contribution < 1.29 is 9.18 Å². The van der Waals surface area contributed by atoms with Crippen molar-refractivity contribution in [3.63, 3.8) is 0 Å². The maximum absolute atomic E-state index is 13.3. The van der Waals surface area contributed by atoms with Gasteiger partial charge in [0.05, 0.1) is 17.5 Å². The molecule has 0 bridgehead atoms. The van der Waals surface area contributed by atoms with Gasteiger partial charge < -0.3 is 0 Å². The zero-order valence-electron chi connectivity index (χ0n) is 9.89. The van der Waals surface area contributed by atoms with E-state index in [1.807, 2.05) is 31.2 Å². The SMILES string of the molecule is Cc1ccc(SCC(=O)c2ccncc2F)cc1. The number of carbonyl (C=O) groups is 1. The van der Waals surface area contributed by atoms with E-state index in [1.54, 1.807) is 0 Å². The van der Waals surface area contributed by atoms with E-state index in [1.165, 1.54) is 29.6 Å². The number of carbonyl (C=O) groups excluding carboxylic acids is 1. The van der Waals surface area contributed by atoms with Crippen LogP contribution in [-0.2, 0) is 0 Å². The van der Waals surface area contributed by atoms with E-state index in [0.717, 1.165) is 11.1 Å². The Bertz CT molecular complexity index is 554. The molecule has 4 heteroatoms. The summed E-state index contributed by atoms with van der Waals surface area (Å²) in [7, 11) is 0. The topological polar surface area (TPSA) is 30.0 Å². The zero-order chi connectivity index (χ0) is 13.0. The molecule has 2 aromatic rings. The minimum Gasteiger partial charge on any atom is -0.293 e. The number of ketones is 1. The molecular weight excluding hydrogens is 249 g/mol. The Labute approximate surface area is 109 Å². The van der Waals surface area contributed by atoms with Gasteiger partial charge in [-0.25, -0.2) is 4.39 Å². The fourth-order valence-electron chi connectivity index (χ4n) is 1.46. The average Bonchev–Trinajstić information content (AvgIpc) is 2.38. The molecule has 0 N–H and O–H groups in total. The van der Waals surface area contributed by atoms with E-state index in [-0.39, 0.29) is 17.1 Å². The summed E-state index contributed by atoms with van der Waals surface area (Å²) in [6.45, 7) is 2.01. The molecule has 0 saturated carbocycles. The smallest absolute Gasteiger partial charge is 0.176 e. The Morgan fingerprint density at radius 3 is 2.67 bits per heavy atom. The number of nitrogens with zero attached hydrogens (tertiary/aromatic N) is 1. The lowest BCUT2D eigenvalue weighted by molar-refractivity contribution is 0.101. The number of Topliss-reactive ketones (excluding diaryl/α,β-unsaturated/α-hetero) is 1. The summed E-state index contributed by atoms with van der Waals surface area (Å²) in [5.74, 6) is -0.559. The number of rotatable bonds is 4. The van der Waals surface area contributed by atoms with E-state index in [4.69, 9.17) is 0 Å². The van der Waals surface area contributed by atoms with Gasteiger partial charge in [-0.3, -0.25) is 9.78 Å². The highest BCUT2D eigenvalue weighted by atomic mass is 32.2. The standard InChI is InChI=1S/C14H12FNOS/c1-10-2-4-11(5-3-10)18-9-14(17)12-6-7-16-8-13(12)15/h2-8H,9H2,1H3. The van der Waals surface area contributed by atoms with Crippen molar-refractivity contribution >= 4 is 17.5 Å². The van der Waals surface area contributed by atoms with Crippen molar-refractivity contribution in [3.8, 4) is 0 Å². The molecule has 1 aromatic heterocycles. The fourth-order valence-corrected chi connectivity index (χ4v) is 2.24. The minimum absolute atomic E-state index is 0.101. The lowest BCUT2D eigenvalue weighted by Crippen LogP contribution is -2.05. The summed E-state index contributed by atoms with van der Waals surface area (Å²) in [6, 6.07) is 9.29. The molecule has 0 aliphatic carbocycles. The van der Waals surface area contributed by atoms with E-state index in [9.17, 15) is 9.18 Å². The van der Waals surface area contributed by atoms with Gasteiger partial charge in [0.25, 0.3) is 0 Å². The molecule has 1 aromatic carbocycles. The molecule has 92 valence electrons. The molecule has 18 heavy (non-hydrogen) atoms. The maximum atomic E-state index is 13.3. The van der Waals surface area contributed by atoms with Crippen molar-refractivity contribution in [2.24, 2.45) is 0 Å². The molecule has 0 saturated heterocycles. The molecule has 0 radical (unpaired) electrons. The van der Waals surface area contributed by atoms with E-state index >= 15 is 0 Å². The molecule has 0 atom stereocenters. The third kappa shape index (κ3) is 3.17. The molecule has 0 aliphatic rings. The van der Waals surface area contributed by atoms with E-state index in [0.29, 0.717) is 0 Å². The number of pyridine rings is 1. The van der Waals surface area contributed by atoms with Gasteiger partial charge in [-0.15, -0.1) is 11.8 Å². The number of aryl methyl sites for hydroxylation is 1. The lowest BCUT2D eigenvalue weighted by Gasteiger charge is -2.03. The second-order valence-electron chi connectivity index (χ2n) is 3.88. The van der Waals surface area contributed by atoms with Crippen LogP contribution < -0.4 is 0 Å². The van der Waals surface area contributed by atoms with E-state index < -0.39 is 5.82 Å². The van der Waals surface area contributed by atoms with Crippen LogP contribution in [0.15, 0.2) is 47.6 Å². The van der Waals surface area contributed by atoms with Crippen molar-refractivity contribution in [1.29, 1.82) is 0 Å². The van der Waals surface area contributed by atoms with Gasteiger partial charge >= 0.3 is 0 Å².